The number of aromatic amines is 1. The van der Waals surface area contributed by atoms with E-state index in [2.05, 4.69) is 16.9 Å². The summed E-state index contributed by atoms with van der Waals surface area (Å²) in [5.74, 6) is -0.846. The van der Waals surface area contributed by atoms with Crippen LogP contribution in [0.3, 0.4) is 0 Å². The van der Waals surface area contributed by atoms with E-state index in [1.54, 1.807) is 24.4 Å². The Hall–Kier alpha value is -2.95. The largest absolute Gasteiger partial charge is 0.453 e. The Kier molecular flexibility index (Phi) is 4.19. The first-order chi connectivity index (χ1) is 11.2. The zero-order valence-corrected chi connectivity index (χ0v) is 12.7. The van der Waals surface area contributed by atoms with Crippen LogP contribution in [0.5, 0.6) is 0 Å². The lowest BCUT2D eigenvalue weighted by Gasteiger charge is -2.04. The SMILES string of the molecule is CCc1cccc2c(C(=O)COC(=O)c3ccccn3)c[nH]c12. The number of hydrogen-bond acceptors (Lipinski definition) is 4. The Morgan fingerprint density at radius 2 is 2.04 bits per heavy atom. The average molecular weight is 308 g/mol. The van der Waals surface area contributed by atoms with E-state index >= 15 is 0 Å². The topological polar surface area (TPSA) is 72.1 Å². The molecule has 0 aliphatic carbocycles. The van der Waals surface area contributed by atoms with E-state index in [1.165, 1.54) is 6.20 Å². The van der Waals surface area contributed by atoms with Crippen molar-refractivity contribution in [2.75, 3.05) is 6.61 Å². The van der Waals surface area contributed by atoms with Crippen molar-refractivity contribution in [1.29, 1.82) is 0 Å². The van der Waals surface area contributed by atoms with Crippen LogP contribution in [0, 0.1) is 0 Å². The van der Waals surface area contributed by atoms with E-state index in [1.807, 2.05) is 18.2 Å². The highest BCUT2D eigenvalue weighted by Gasteiger charge is 2.16. The number of para-hydroxylation sites is 1. The molecule has 1 aromatic carbocycles. The Bertz CT molecular complexity index is 853. The van der Waals surface area contributed by atoms with Crippen molar-refractivity contribution in [1.82, 2.24) is 9.97 Å². The molecule has 0 bridgehead atoms. The first-order valence-corrected chi connectivity index (χ1v) is 7.41. The maximum Gasteiger partial charge on any atom is 0.357 e. The van der Waals surface area contributed by atoms with E-state index in [0.717, 1.165) is 22.9 Å². The standard InChI is InChI=1S/C18H16N2O3/c1-2-12-6-5-7-13-14(10-20-17(12)13)16(21)11-23-18(22)15-8-3-4-9-19-15/h3-10,20H,2,11H2,1H3. The molecule has 0 unspecified atom stereocenters. The van der Waals surface area contributed by atoms with E-state index in [0.29, 0.717) is 5.56 Å². The van der Waals surface area contributed by atoms with Gasteiger partial charge in [0.25, 0.3) is 0 Å². The number of benzene rings is 1. The smallest absolute Gasteiger partial charge is 0.357 e. The van der Waals surface area contributed by atoms with Gasteiger partial charge < -0.3 is 9.72 Å². The Balaban J connectivity index is 1.75. The first kappa shape index (κ1) is 15.0. The third-order valence-electron chi connectivity index (χ3n) is 3.69. The Labute approximate surface area is 133 Å². The van der Waals surface area contributed by atoms with Gasteiger partial charge in [-0.2, -0.15) is 0 Å². The van der Waals surface area contributed by atoms with Crippen molar-refractivity contribution in [3.05, 3.63) is 65.6 Å². The van der Waals surface area contributed by atoms with Gasteiger partial charge >= 0.3 is 5.97 Å². The molecule has 5 heteroatoms. The second-order valence-electron chi connectivity index (χ2n) is 5.11. The molecule has 0 radical (unpaired) electrons. The second-order valence-corrected chi connectivity index (χ2v) is 5.11. The van der Waals surface area contributed by atoms with Crippen LogP contribution in [0.2, 0.25) is 0 Å². The number of esters is 1. The van der Waals surface area contributed by atoms with E-state index in [9.17, 15) is 9.59 Å². The maximum absolute atomic E-state index is 12.3. The fraction of sp³-hybridized carbons (Fsp3) is 0.167. The molecule has 3 aromatic rings. The number of nitrogens with one attached hydrogen (secondary N) is 1. The predicted octanol–water partition coefficient (Wildman–Crippen LogP) is 3.17. The zero-order valence-electron chi connectivity index (χ0n) is 12.7. The van der Waals surface area contributed by atoms with Crippen molar-refractivity contribution >= 4 is 22.7 Å². The minimum Gasteiger partial charge on any atom is -0.453 e. The van der Waals surface area contributed by atoms with Crippen LogP contribution in [0.1, 0.15) is 33.3 Å². The summed E-state index contributed by atoms with van der Waals surface area (Å²) in [6, 6.07) is 10.8. The highest BCUT2D eigenvalue weighted by atomic mass is 16.5. The number of nitrogens with zero attached hydrogens (tertiary/aromatic N) is 1. The summed E-state index contributed by atoms with van der Waals surface area (Å²) >= 11 is 0. The number of rotatable bonds is 5. The minimum absolute atomic E-state index is 0.187. The quantitative estimate of drug-likeness (QED) is 0.580. The number of H-pyrrole nitrogens is 1. The minimum atomic E-state index is -0.604. The van der Waals surface area contributed by atoms with E-state index in [-0.39, 0.29) is 18.1 Å². The number of Topliss-reactive ketones (excluding diaryl/α,β-unsaturated/α-hetero) is 1. The van der Waals surface area contributed by atoms with Gasteiger partial charge in [0, 0.05) is 28.9 Å². The molecule has 0 saturated heterocycles. The molecule has 116 valence electrons. The summed E-state index contributed by atoms with van der Waals surface area (Å²) in [5, 5.41) is 0.850. The van der Waals surface area contributed by atoms with Gasteiger partial charge in [0.1, 0.15) is 5.69 Å². The second kappa shape index (κ2) is 6.44. The maximum atomic E-state index is 12.3. The molecule has 1 N–H and O–H groups in total. The summed E-state index contributed by atoms with van der Waals surface area (Å²) < 4.78 is 5.05. The van der Waals surface area contributed by atoms with Crippen LogP contribution in [0.25, 0.3) is 10.9 Å². The first-order valence-electron chi connectivity index (χ1n) is 7.41. The number of aryl methyl sites for hydroxylation is 1. The number of hydrogen-bond donors (Lipinski definition) is 1. The number of fused-ring (bicyclic) bond motifs is 1. The molecule has 0 amide bonds. The van der Waals surface area contributed by atoms with Crippen LogP contribution < -0.4 is 0 Å². The number of pyridine rings is 1. The lowest BCUT2D eigenvalue weighted by Crippen LogP contribution is -2.14. The van der Waals surface area contributed by atoms with Gasteiger partial charge in [-0.05, 0) is 24.1 Å². The normalized spacial score (nSPS) is 10.7. The lowest BCUT2D eigenvalue weighted by atomic mass is 10.1. The summed E-state index contributed by atoms with van der Waals surface area (Å²) in [5.41, 5.74) is 2.82. The Morgan fingerprint density at radius 1 is 1.17 bits per heavy atom. The highest BCUT2D eigenvalue weighted by molar-refractivity contribution is 6.09. The van der Waals surface area contributed by atoms with Crippen LogP contribution in [0.15, 0.2) is 48.8 Å². The third-order valence-corrected chi connectivity index (χ3v) is 3.69. The molecule has 0 spiro atoms. The average Bonchev–Trinajstić information content (AvgIpc) is 3.04. The van der Waals surface area contributed by atoms with Crippen LogP contribution in [-0.2, 0) is 11.2 Å². The highest BCUT2D eigenvalue weighted by Crippen LogP contribution is 2.22. The van der Waals surface area contributed by atoms with Gasteiger partial charge in [-0.15, -0.1) is 0 Å². The molecule has 0 atom stereocenters. The molecule has 0 aliphatic rings. The molecule has 0 aliphatic heterocycles. The van der Waals surface area contributed by atoms with E-state index < -0.39 is 5.97 Å². The van der Waals surface area contributed by atoms with Gasteiger partial charge in [0.05, 0.1) is 0 Å². The number of carbonyl (C=O) groups excluding carboxylic acids is 2. The Morgan fingerprint density at radius 3 is 2.78 bits per heavy atom. The summed E-state index contributed by atoms with van der Waals surface area (Å²) in [6.45, 7) is 1.75. The van der Waals surface area contributed by atoms with Crippen LogP contribution in [-0.4, -0.2) is 28.3 Å². The zero-order chi connectivity index (χ0) is 16.2. The van der Waals surface area contributed by atoms with E-state index in [4.69, 9.17) is 4.74 Å². The number of ether oxygens (including phenoxy) is 1. The molecule has 0 fully saturated rings. The molecule has 5 nitrogen and oxygen atoms in total. The van der Waals surface area contributed by atoms with Gasteiger partial charge in [0.15, 0.2) is 6.61 Å². The molecule has 2 heterocycles. The summed E-state index contributed by atoms with van der Waals surface area (Å²) in [7, 11) is 0. The monoisotopic (exact) mass is 308 g/mol. The number of aromatic nitrogens is 2. The van der Waals surface area contributed by atoms with Crippen LogP contribution >= 0.6 is 0 Å². The summed E-state index contributed by atoms with van der Waals surface area (Å²) in [4.78, 5) is 31.2. The molecule has 23 heavy (non-hydrogen) atoms. The van der Waals surface area contributed by atoms with Gasteiger partial charge in [-0.3, -0.25) is 4.79 Å². The molecule has 2 aromatic heterocycles. The van der Waals surface area contributed by atoms with Crippen molar-refractivity contribution in [2.24, 2.45) is 0 Å². The van der Waals surface area contributed by atoms with Gasteiger partial charge in [-0.1, -0.05) is 31.2 Å². The fourth-order valence-corrected chi connectivity index (χ4v) is 2.51. The number of ketones is 1. The predicted molar refractivity (Wildman–Crippen MR) is 86.5 cm³/mol. The lowest BCUT2D eigenvalue weighted by molar-refractivity contribution is 0.0469. The molecular formula is C18H16N2O3. The van der Waals surface area contributed by atoms with Crippen molar-refractivity contribution < 1.29 is 14.3 Å². The van der Waals surface area contributed by atoms with Gasteiger partial charge in [0.2, 0.25) is 5.78 Å². The van der Waals surface area contributed by atoms with Crippen molar-refractivity contribution in [2.45, 2.75) is 13.3 Å². The van der Waals surface area contributed by atoms with Crippen molar-refractivity contribution in [3.8, 4) is 0 Å². The van der Waals surface area contributed by atoms with Crippen LogP contribution in [0.4, 0.5) is 0 Å². The van der Waals surface area contributed by atoms with Gasteiger partial charge in [-0.25, -0.2) is 9.78 Å². The van der Waals surface area contributed by atoms with Crippen molar-refractivity contribution in [3.63, 3.8) is 0 Å². The summed E-state index contributed by atoms with van der Waals surface area (Å²) in [6.07, 6.45) is 4.05. The molecule has 0 saturated carbocycles. The molecule has 3 rings (SSSR count). The fourth-order valence-electron chi connectivity index (χ4n) is 2.51. The molecular weight excluding hydrogens is 292 g/mol. The third kappa shape index (κ3) is 2.99. The number of carbonyl (C=O) groups is 2.